The van der Waals surface area contributed by atoms with Crippen molar-refractivity contribution in [3.8, 4) is 0 Å². The van der Waals surface area contributed by atoms with Crippen molar-refractivity contribution in [1.82, 2.24) is 0 Å². The lowest BCUT2D eigenvalue weighted by molar-refractivity contribution is -0.144. The zero-order valence-electron chi connectivity index (χ0n) is 11.4. The van der Waals surface area contributed by atoms with Gasteiger partial charge in [0.1, 0.15) is 0 Å². The van der Waals surface area contributed by atoms with Crippen LogP contribution in [-0.2, 0) is 16.0 Å². The van der Waals surface area contributed by atoms with E-state index >= 15 is 0 Å². The third-order valence-corrected chi connectivity index (χ3v) is 3.60. The van der Waals surface area contributed by atoms with Crippen molar-refractivity contribution in [3.05, 3.63) is 70.2 Å². The molecule has 0 N–H and O–H groups in total. The molecule has 0 radical (unpaired) electrons. The number of benzene rings is 2. The normalized spacial score (nSPS) is 11.9. The first-order valence-corrected chi connectivity index (χ1v) is 7.46. The van der Waals surface area contributed by atoms with Crippen molar-refractivity contribution in [3.63, 3.8) is 0 Å². The average Bonchev–Trinajstić information content (AvgIpc) is 2.46. The molecule has 2 aromatic rings. The van der Waals surface area contributed by atoms with Crippen LogP contribution in [0.3, 0.4) is 0 Å². The van der Waals surface area contributed by atoms with Crippen LogP contribution in [0.1, 0.15) is 24.0 Å². The molecule has 0 aliphatic rings. The van der Waals surface area contributed by atoms with Gasteiger partial charge in [-0.05, 0) is 36.6 Å². The van der Waals surface area contributed by atoms with E-state index in [-0.39, 0.29) is 11.9 Å². The lowest BCUT2D eigenvalue weighted by Crippen LogP contribution is -2.18. The van der Waals surface area contributed by atoms with Gasteiger partial charge in [-0.15, -0.1) is 0 Å². The van der Waals surface area contributed by atoms with Gasteiger partial charge in [-0.3, -0.25) is 4.79 Å². The van der Waals surface area contributed by atoms with Crippen LogP contribution in [0.25, 0.3) is 0 Å². The van der Waals surface area contributed by atoms with Crippen LogP contribution in [0.2, 0.25) is 0 Å². The fourth-order valence-electron chi connectivity index (χ4n) is 2.17. The van der Waals surface area contributed by atoms with Crippen molar-refractivity contribution in [2.24, 2.45) is 0 Å². The maximum absolute atomic E-state index is 12.2. The van der Waals surface area contributed by atoms with Gasteiger partial charge in [-0.2, -0.15) is 0 Å². The van der Waals surface area contributed by atoms with Gasteiger partial charge in [0.15, 0.2) is 0 Å². The first-order valence-electron chi connectivity index (χ1n) is 6.66. The summed E-state index contributed by atoms with van der Waals surface area (Å²) in [5.74, 6) is -0.427. The van der Waals surface area contributed by atoms with E-state index in [1.807, 2.05) is 61.5 Å². The molecule has 0 saturated heterocycles. The summed E-state index contributed by atoms with van der Waals surface area (Å²) in [5, 5.41) is 0. The van der Waals surface area contributed by atoms with Crippen LogP contribution >= 0.6 is 15.9 Å². The minimum atomic E-state index is -0.259. The highest BCUT2D eigenvalue weighted by Crippen LogP contribution is 2.24. The Hall–Kier alpha value is -1.61. The molecule has 1 unspecified atom stereocenters. The number of hydrogen-bond donors (Lipinski definition) is 0. The smallest absolute Gasteiger partial charge is 0.313 e. The number of ether oxygens (including phenoxy) is 1. The van der Waals surface area contributed by atoms with Gasteiger partial charge in [-0.25, -0.2) is 0 Å². The van der Waals surface area contributed by atoms with E-state index in [4.69, 9.17) is 4.74 Å². The number of carbonyl (C=O) groups is 1. The summed E-state index contributed by atoms with van der Waals surface area (Å²) in [6, 6.07) is 17.8. The zero-order valence-corrected chi connectivity index (χ0v) is 13.0. The lowest BCUT2D eigenvalue weighted by Gasteiger charge is -2.16. The van der Waals surface area contributed by atoms with Crippen LogP contribution in [0.5, 0.6) is 0 Å². The molecule has 0 bridgehead atoms. The van der Waals surface area contributed by atoms with Gasteiger partial charge in [0.25, 0.3) is 0 Å². The zero-order chi connectivity index (χ0) is 14.4. The number of hydrogen-bond acceptors (Lipinski definition) is 2. The Balaban J connectivity index is 2.25. The van der Waals surface area contributed by atoms with Crippen LogP contribution in [0, 0.1) is 0 Å². The molecule has 3 heteroatoms. The molecule has 104 valence electrons. The van der Waals surface area contributed by atoms with Gasteiger partial charge < -0.3 is 4.74 Å². The summed E-state index contributed by atoms with van der Waals surface area (Å²) in [7, 11) is 0. The van der Waals surface area contributed by atoms with Crippen molar-refractivity contribution in [2.45, 2.75) is 19.3 Å². The van der Waals surface area contributed by atoms with Crippen molar-refractivity contribution < 1.29 is 9.53 Å². The Morgan fingerprint density at radius 2 is 1.90 bits per heavy atom. The highest BCUT2D eigenvalue weighted by molar-refractivity contribution is 9.10. The molecule has 1 atom stereocenters. The topological polar surface area (TPSA) is 26.3 Å². The lowest BCUT2D eigenvalue weighted by atomic mass is 9.92. The van der Waals surface area contributed by atoms with Gasteiger partial charge >= 0.3 is 5.97 Å². The maximum Gasteiger partial charge on any atom is 0.313 e. The van der Waals surface area contributed by atoms with E-state index in [2.05, 4.69) is 15.9 Å². The molecule has 0 heterocycles. The molecule has 2 aromatic carbocycles. The van der Waals surface area contributed by atoms with Gasteiger partial charge in [0.05, 0.1) is 12.5 Å². The Kier molecular flexibility index (Phi) is 5.36. The summed E-state index contributed by atoms with van der Waals surface area (Å²) in [6.45, 7) is 2.24. The van der Waals surface area contributed by atoms with E-state index in [1.165, 1.54) is 0 Å². The molecule has 0 spiro atoms. The fourth-order valence-corrected chi connectivity index (χ4v) is 2.61. The molecule has 0 fully saturated rings. The molecule has 2 nitrogen and oxygen atoms in total. The fraction of sp³-hybridized carbons (Fsp3) is 0.235. The van der Waals surface area contributed by atoms with Gasteiger partial charge in [-0.1, -0.05) is 58.4 Å². The van der Waals surface area contributed by atoms with Gasteiger partial charge in [0.2, 0.25) is 0 Å². The Morgan fingerprint density at radius 1 is 1.15 bits per heavy atom. The summed E-state index contributed by atoms with van der Waals surface area (Å²) < 4.78 is 6.23. The van der Waals surface area contributed by atoms with E-state index in [9.17, 15) is 4.79 Å². The van der Waals surface area contributed by atoms with Crippen LogP contribution in [0.4, 0.5) is 0 Å². The minimum absolute atomic E-state index is 0.168. The summed E-state index contributed by atoms with van der Waals surface area (Å²) in [5.41, 5.74) is 2.10. The van der Waals surface area contributed by atoms with Crippen molar-refractivity contribution >= 4 is 21.9 Å². The monoisotopic (exact) mass is 332 g/mol. The Morgan fingerprint density at radius 3 is 2.55 bits per heavy atom. The second-order valence-electron chi connectivity index (χ2n) is 4.55. The highest BCUT2D eigenvalue weighted by Gasteiger charge is 2.22. The standard InChI is InChI=1S/C17H17BrO2/c1-2-20-17(19)16(14-8-4-3-5-9-14)12-13-7-6-10-15(18)11-13/h3-11,16H,2,12H2,1H3. The van der Waals surface area contributed by atoms with Crippen molar-refractivity contribution in [2.75, 3.05) is 6.61 Å². The average molecular weight is 333 g/mol. The molecule has 0 amide bonds. The molecule has 2 rings (SSSR count). The third-order valence-electron chi connectivity index (χ3n) is 3.10. The summed E-state index contributed by atoms with van der Waals surface area (Å²) >= 11 is 3.46. The second-order valence-corrected chi connectivity index (χ2v) is 5.47. The predicted octanol–water partition coefficient (Wildman–Crippen LogP) is 4.34. The number of rotatable bonds is 5. The summed E-state index contributed by atoms with van der Waals surface area (Å²) in [4.78, 5) is 12.2. The Labute approximate surface area is 127 Å². The molecule has 20 heavy (non-hydrogen) atoms. The molecular weight excluding hydrogens is 316 g/mol. The van der Waals surface area contributed by atoms with Crippen LogP contribution < -0.4 is 0 Å². The van der Waals surface area contributed by atoms with Crippen LogP contribution in [-0.4, -0.2) is 12.6 Å². The second kappa shape index (κ2) is 7.25. The van der Waals surface area contributed by atoms with E-state index in [0.717, 1.165) is 15.6 Å². The first-order chi connectivity index (χ1) is 9.70. The van der Waals surface area contributed by atoms with E-state index in [1.54, 1.807) is 0 Å². The molecule has 0 saturated carbocycles. The third kappa shape index (κ3) is 3.94. The van der Waals surface area contributed by atoms with E-state index < -0.39 is 0 Å². The quantitative estimate of drug-likeness (QED) is 0.761. The Bertz CT molecular complexity index is 566. The largest absolute Gasteiger partial charge is 0.466 e. The highest BCUT2D eigenvalue weighted by atomic mass is 79.9. The van der Waals surface area contributed by atoms with Gasteiger partial charge in [0, 0.05) is 4.47 Å². The number of esters is 1. The molecule has 0 aromatic heterocycles. The number of carbonyl (C=O) groups excluding carboxylic acids is 1. The van der Waals surface area contributed by atoms with E-state index in [0.29, 0.717) is 13.0 Å². The molecule has 0 aliphatic heterocycles. The summed E-state index contributed by atoms with van der Waals surface area (Å²) in [6.07, 6.45) is 0.641. The predicted molar refractivity (Wildman–Crippen MR) is 83.7 cm³/mol. The van der Waals surface area contributed by atoms with Crippen molar-refractivity contribution in [1.29, 1.82) is 0 Å². The first kappa shape index (κ1) is 14.8. The number of halogens is 1. The molecular formula is C17H17BrO2. The maximum atomic E-state index is 12.2. The SMILES string of the molecule is CCOC(=O)C(Cc1cccc(Br)c1)c1ccccc1. The molecule has 0 aliphatic carbocycles. The minimum Gasteiger partial charge on any atom is -0.466 e. The van der Waals surface area contributed by atoms with Crippen LogP contribution in [0.15, 0.2) is 59.1 Å².